The van der Waals surface area contributed by atoms with Gasteiger partial charge in [0.1, 0.15) is 11.6 Å². The van der Waals surface area contributed by atoms with Crippen molar-refractivity contribution in [3.63, 3.8) is 0 Å². The van der Waals surface area contributed by atoms with Crippen LogP contribution in [0.4, 0.5) is 4.39 Å². The van der Waals surface area contributed by atoms with Gasteiger partial charge in [0.15, 0.2) is 5.78 Å². The minimum atomic E-state index is -0.426. The molecule has 2 atom stereocenters. The van der Waals surface area contributed by atoms with Crippen molar-refractivity contribution in [3.05, 3.63) is 112 Å². The number of benzene rings is 3. The van der Waals surface area contributed by atoms with Crippen molar-refractivity contribution in [1.29, 1.82) is 0 Å². The van der Waals surface area contributed by atoms with E-state index in [0.717, 1.165) is 21.9 Å². The Morgan fingerprint density at radius 2 is 1.79 bits per heavy atom. The van der Waals surface area contributed by atoms with E-state index < -0.39 is 5.82 Å². The Morgan fingerprint density at radius 3 is 2.61 bits per heavy atom. The lowest BCUT2D eigenvalue weighted by atomic mass is 9.98. The molecule has 164 valence electrons. The van der Waals surface area contributed by atoms with Gasteiger partial charge < -0.3 is 0 Å². The van der Waals surface area contributed by atoms with Crippen LogP contribution >= 0.6 is 11.6 Å². The van der Waals surface area contributed by atoms with E-state index in [0.29, 0.717) is 29.0 Å². The van der Waals surface area contributed by atoms with Crippen LogP contribution in [0, 0.1) is 11.7 Å². The molecule has 5 rings (SSSR count). The number of nitrogens with zero attached hydrogens (tertiary/aromatic N) is 1. The quantitative estimate of drug-likeness (QED) is 0.303. The summed E-state index contributed by atoms with van der Waals surface area (Å²) >= 11 is 5.98. The Bertz CT molecular complexity index is 1380. The van der Waals surface area contributed by atoms with Crippen LogP contribution in [0.25, 0.3) is 10.8 Å². The standard InChI is InChI=1S/C28H21ClFNO2/c29-22-3-1-2-17(11-22)12-27(32)20-6-7-23(26(30)14-20)24-15-25(24)28(33)13-18-4-5-21-16-31-9-8-19(21)10-18/h1-11,14,16,24-25H,12-13,15H2/t24-,25+/m0/s1. The first-order valence-corrected chi connectivity index (χ1v) is 11.3. The third kappa shape index (κ3) is 4.71. The Kier molecular flexibility index (Phi) is 5.77. The molecule has 1 heterocycles. The van der Waals surface area contributed by atoms with Crippen molar-refractivity contribution in [2.75, 3.05) is 0 Å². The Hall–Kier alpha value is -3.37. The molecule has 0 spiro atoms. The fourth-order valence-corrected chi connectivity index (χ4v) is 4.62. The molecule has 33 heavy (non-hydrogen) atoms. The first kappa shape index (κ1) is 21.5. The highest BCUT2D eigenvalue weighted by Crippen LogP contribution is 2.49. The summed E-state index contributed by atoms with van der Waals surface area (Å²) in [5, 5.41) is 2.64. The minimum Gasteiger partial charge on any atom is -0.299 e. The second-order valence-corrected chi connectivity index (χ2v) is 9.05. The molecule has 5 heteroatoms. The summed E-state index contributed by atoms with van der Waals surface area (Å²) in [6.07, 6.45) is 4.66. The normalized spacial score (nSPS) is 17.2. The molecule has 1 aromatic heterocycles. The number of carbonyl (C=O) groups excluding carboxylic acids is 2. The van der Waals surface area contributed by atoms with Gasteiger partial charge >= 0.3 is 0 Å². The molecule has 0 unspecified atom stereocenters. The van der Waals surface area contributed by atoms with E-state index >= 15 is 0 Å². The number of aromatic nitrogens is 1. The van der Waals surface area contributed by atoms with Gasteiger partial charge in [0.2, 0.25) is 0 Å². The Balaban J connectivity index is 1.24. The number of hydrogen-bond acceptors (Lipinski definition) is 3. The van der Waals surface area contributed by atoms with Gasteiger partial charge in [-0.2, -0.15) is 0 Å². The number of carbonyl (C=O) groups is 2. The topological polar surface area (TPSA) is 47.0 Å². The minimum absolute atomic E-state index is 0.119. The predicted octanol–water partition coefficient (Wildman–Crippen LogP) is 6.37. The zero-order valence-corrected chi connectivity index (χ0v) is 18.6. The van der Waals surface area contributed by atoms with Gasteiger partial charge in [-0.1, -0.05) is 54.1 Å². The molecule has 3 aromatic carbocycles. The summed E-state index contributed by atoms with van der Waals surface area (Å²) in [5.74, 6) is -0.781. The second kappa shape index (κ2) is 8.87. The van der Waals surface area contributed by atoms with Crippen LogP contribution in [0.3, 0.4) is 0 Å². The van der Waals surface area contributed by atoms with Crippen molar-refractivity contribution >= 4 is 33.9 Å². The largest absolute Gasteiger partial charge is 0.299 e. The molecule has 0 N–H and O–H groups in total. The monoisotopic (exact) mass is 457 g/mol. The molecule has 1 aliphatic rings. The number of Topliss-reactive ketones (excluding diaryl/α,β-unsaturated/α-hetero) is 2. The van der Waals surface area contributed by atoms with Crippen molar-refractivity contribution in [3.8, 4) is 0 Å². The summed E-state index contributed by atoms with van der Waals surface area (Å²) in [6, 6.07) is 19.5. The highest BCUT2D eigenvalue weighted by molar-refractivity contribution is 6.30. The van der Waals surface area contributed by atoms with E-state index in [1.165, 1.54) is 6.07 Å². The highest BCUT2D eigenvalue weighted by atomic mass is 35.5. The summed E-state index contributed by atoms with van der Waals surface area (Å²) in [6.45, 7) is 0. The predicted molar refractivity (Wildman–Crippen MR) is 127 cm³/mol. The summed E-state index contributed by atoms with van der Waals surface area (Å²) in [4.78, 5) is 29.5. The smallest absolute Gasteiger partial charge is 0.167 e. The first-order valence-electron chi connectivity index (χ1n) is 10.9. The molecule has 0 aliphatic heterocycles. The number of rotatable bonds is 7. The SMILES string of the molecule is O=C(Cc1cccc(Cl)c1)c1ccc([C@@H]2C[C@H]2C(=O)Cc2ccc3cnccc3c2)c(F)c1. The first-order chi connectivity index (χ1) is 16.0. The number of ketones is 2. The van der Waals surface area contributed by atoms with E-state index in [4.69, 9.17) is 11.6 Å². The lowest BCUT2D eigenvalue weighted by Crippen LogP contribution is -2.08. The van der Waals surface area contributed by atoms with Crippen LogP contribution in [0.1, 0.15) is 39.4 Å². The van der Waals surface area contributed by atoms with Crippen LogP contribution in [0.2, 0.25) is 5.02 Å². The lowest BCUT2D eigenvalue weighted by molar-refractivity contribution is -0.119. The zero-order chi connectivity index (χ0) is 22.9. The number of pyridine rings is 1. The molecule has 0 amide bonds. The van der Waals surface area contributed by atoms with E-state index in [-0.39, 0.29) is 29.8 Å². The molecule has 1 fully saturated rings. The molecular weight excluding hydrogens is 437 g/mol. The maximum atomic E-state index is 14.9. The fourth-order valence-electron chi connectivity index (χ4n) is 4.41. The zero-order valence-electron chi connectivity index (χ0n) is 17.8. The summed E-state index contributed by atoms with van der Waals surface area (Å²) < 4.78 is 14.9. The number of fused-ring (bicyclic) bond motifs is 1. The van der Waals surface area contributed by atoms with Crippen molar-refractivity contribution < 1.29 is 14.0 Å². The highest BCUT2D eigenvalue weighted by Gasteiger charge is 2.44. The van der Waals surface area contributed by atoms with E-state index in [2.05, 4.69) is 4.98 Å². The van der Waals surface area contributed by atoms with Crippen LogP contribution in [0.15, 0.2) is 79.1 Å². The molecule has 0 bridgehead atoms. The molecule has 1 aliphatic carbocycles. The van der Waals surface area contributed by atoms with Gasteiger partial charge in [0.25, 0.3) is 0 Å². The van der Waals surface area contributed by atoms with Gasteiger partial charge in [-0.15, -0.1) is 0 Å². The van der Waals surface area contributed by atoms with E-state index in [9.17, 15) is 14.0 Å². The maximum Gasteiger partial charge on any atom is 0.167 e. The van der Waals surface area contributed by atoms with E-state index in [1.54, 1.807) is 42.7 Å². The molecule has 4 aromatic rings. The molecular formula is C28H21ClFNO2. The van der Waals surface area contributed by atoms with Crippen LogP contribution in [-0.4, -0.2) is 16.6 Å². The number of hydrogen-bond donors (Lipinski definition) is 0. The lowest BCUT2D eigenvalue weighted by Gasteiger charge is -2.07. The van der Waals surface area contributed by atoms with Crippen LogP contribution in [-0.2, 0) is 17.6 Å². The molecule has 0 radical (unpaired) electrons. The van der Waals surface area contributed by atoms with Gasteiger partial charge in [0.05, 0.1) is 0 Å². The van der Waals surface area contributed by atoms with Crippen molar-refractivity contribution in [2.24, 2.45) is 5.92 Å². The fraction of sp³-hybridized carbons (Fsp3) is 0.179. The average Bonchev–Trinajstić information content (AvgIpc) is 3.60. The summed E-state index contributed by atoms with van der Waals surface area (Å²) in [7, 11) is 0. The third-order valence-electron chi connectivity index (χ3n) is 6.26. The van der Waals surface area contributed by atoms with Crippen molar-refractivity contribution in [1.82, 2.24) is 4.98 Å². The van der Waals surface area contributed by atoms with Gasteiger partial charge in [0, 0.05) is 47.1 Å². The maximum absolute atomic E-state index is 14.9. The van der Waals surface area contributed by atoms with Gasteiger partial charge in [-0.25, -0.2) is 4.39 Å². The second-order valence-electron chi connectivity index (χ2n) is 8.62. The molecule has 0 saturated heterocycles. The summed E-state index contributed by atoms with van der Waals surface area (Å²) in [5.41, 5.74) is 2.57. The average molecular weight is 458 g/mol. The third-order valence-corrected chi connectivity index (χ3v) is 6.50. The van der Waals surface area contributed by atoms with Crippen LogP contribution in [0.5, 0.6) is 0 Å². The van der Waals surface area contributed by atoms with Gasteiger partial charge in [-0.05, 0) is 58.7 Å². The van der Waals surface area contributed by atoms with Crippen molar-refractivity contribution in [2.45, 2.75) is 25.2 Å². The van der Waals surface area contributed by atoms with E-state index in [1.807, 2.05) is 30.3 Å². The van der Waals surface area contributed by atoms with Gasteiger partial charge in [-0.3, -0.25) is 14.6 Å². The Morgan fingerprint density at radius 1 is 0.939 bits per heavy atom. The number of halogens is 2. The molecule has 3 nitrogen and oxygen atoms in total. The van der Waals surface area contributed by atoms with Crippen LogP contribution < -0.4 is 0 Å². The molecule has 1 saturated carbocycles. The Labute approximate surface area is 196 Å².